The summed E-state index contributed by atoms with van der Waals surface area (Å²) < 4.78 is 6.39. The van der Waals surface area contributed by atoms with Gasteiger partial charge >= 0.3 is 0 Å². The van der Waals surface area contributed by atoms with Gasteiger partial charge in [0.2, 0.25) is 0 Å². The van der Waals surface area contributed by atoms with Crippen LogP contribution in [0.5, 0.6) is 5.75 Å². The lowest BCUT2D eigenvalue weighted by Crippen LogP contribution is -2.45. The maximum atomic E-state index is 6.41. The number of hydrogen-bond acceptors (Lipinski definition) is 3. The van der Waals surface area contributed by atoms with Gasteiger partial charge in [-0.1, -0.05) is 17.7 Å². The number of hydrogen-bond donors (Lipinski definition) is 1. The van der Waals surface area contributed by atoms with Crippen LogP contribution >= 0.6 is 0 Å². The summed E-state index contributed by atoms with van der Waals surface area (Å²) in [5.41, 5.74) is 8.84. The lowest BCUT2D eigenvalue weighted by molar-refractivity contribution is 0.0433. The standard InChI is InChI=1S/C16H22N2O/c1-11-2-5-15-13(8-11)14(17)9-16(19-15)6-7-18(10-16)12-3-4-12/h2,5,8,12,14H,3-4,6-7,9-10,17H2,1H3. The van der Waals surface area contributed by atoms with E-state index in [-0.39, 0.29) is 11.6 Å². The molecule has 2 N–H and O–H groups in total. The molecule has 19 heavy (non-hydrogen) atoms. The monoisotopic (exact) mass is 258 g/mol. The zero-order chi connectivity index (χ0) is 13.0. The predicted molar refractivity (Wildman–Crippen MR) is 75.3 cm³/mol. The molecule has 1 aliphatic carbocycles. The molecule has 1 saturated carbocycles. The van der Waals surface area contributed by atoms with E-state index in [2.05, 4.69) is 30.0 Å². The Kier molecular flexibility index (Phi) is 2.45. The highest BCUT2D eigenvalue weighted by atomic mass is 16.5. The average molecular weight is 258 g/mol. The van der Waals surface area contributed by atoms with E-state index in [9.17, 15) is 0 Å². The van der Waals surface area contributed by atoms with Crippen LogP contribution in [0, 0.1) is 6.92 Å². The Balaban J connectivity index is 1.62. The van der Waals surface area contributed by atoms with Crippen LogP contribution in [0.3, 0.4) is 0 Å². The van der Waals surface area contributed by atoms with Gasteiger partial charge in [0.15, 0.2) is 0 Å². The van der Waals surface area contributed by atoms with E-state index in [1.165, 1.54) is 30.5 Å². The number of fused-ring (bicyclic) bond motifs is 1. The zero-order valence-corrected chi connectivity index (χ0v) is 11.6. The minimum atomic E-state index is -0.0235. The predicted octanol–water partition coefficient (Wildman–Crippen LogP) is 2.38. The fourth-order valence-corrected chi connectivity index (χ4v) is 3.71. The Bertz CT molecular complexity index is 511. The molecule has 2 atom stereocenters. The molecule has 102 valence electrons. The second kappa shape index (κ2) is 3.97. The highest BCUT2D eigenvalue weighted by Crippen LogP contribution is 2.45. The molecular formula is C16H22N2O. The first-order valence-corrected chi connectivity index (χ1v) is 7.44. The number of nitrogens with two attached hydrogens (primary N) is 1. The largest absolute Gasteiger partial charge is 0.485 e. The Hall–Kier alpha value is -1.06. The lowest BCUT2D eigenvalue weighted by Gasteiger charge is -2.39. The summed E-state index contributed by atoms with van der Waals surface area (Å²) in [6.45, 7) is 4.36. The summed E-state index contributed by atoms with van der Waals surface area (Å²) in [4.78, 5) is 2.60. The minimum absolute atomic E-state index is 0.0235. The molecular weight excluding hydrogens is 236 g/mol. The molecule has 4 rings (SSSR count). The summed E-state index contributed by atoms with van der Waals surface area (Å²) >= 11 is 0. The van der Waals surface area contributed by atoms with Gasteiger partial charge in [0, 0.05) is 43.6 Å². The summed E-state index contributed by atoms with van der Waals surface area (Å²) in [6, 6.07) is 7.37. The molecule has 0 aromatic heterocycles. The number of likely N-dealkylation sites (tertiary alicyclic amines) is 1. The summed E-state index contributed by atoms with van der Waals surface area (Å²) in [5.74, 6) is 1.02. The summed E-state index contributed by atoms with van der Waals surface area (Å²) in [7, 11) is 0. The van der Waals surface area contributed by atoms with Crippen LogP contribution in [-0.2, 0) is 0 Å². The van der Waals surface area contributed by atoms with E-state index >= 15 is 0 Å². The van der Waals surface area contributed by atoms with E-state index in [1.54, 1.807) is 0 Å². The molecule has 1 spiro atoms. The van der Waals surface area contributed by atoms with Crippen molar-refractivity contribution < 1.29 is 4.74 Å². The smallest absolute Gasteiger partial charge is 0.125 e. The highest BCUT2D eigenvalue weighted by molar-refractivity contribution is 5.41. The third-order valence-corrected chi connectivity index (χ3v) is 4.89. The Labute approximate surface area is 114 Å². The van der Waals surface area contributed by atoms with Crippen molar-refractivity contribution in [1.82, 2.24) is 4.90 Å². The average Bonchev–Trinajstić information content (AvgIpc) is 3.15. The van der Waals surface area contributed by atoms with Crippen molar-refractivity contribution in [2.45, 2.75) is 50.3 Å². The third kappa shape index (κ3) is 1.96. The summed E-state index contributed by atoms with van der Waals surface area (Å²) in [6.07, 6.45) is 4.84. The fourth-order valence-electron chi connectivity index (χ4n) is 3.71. The molecule has 0 amide bonds. The van der Waals surface area contributed by atoms with E-state index in [1.807, 2.05) is 0 Å². The molecule has 0 bridgehead atoms. The summed E-state index contributed by atoms with van der Waals surface area (Å²) in [5, 5.41) is 0. The minimum Gasteiger partial charge on any atom is -0.485 e. The molecule has 0 radical (unpaired) electrons. The third-order valence-electron chi connectivity index (χ3n) is 4.89. The van der Waals surface area contributed by atoms with Crippen molar-refractivity contribution in [1.29, 1.82) is 0 Å². The van der Waals surface area contributed by atoms with Gasteiger partial charge in [-0.05, 0) is 25.8 Å². The molecule has 1 aromatic carbocycles. The van der Waals surface area contributed by atoms with Crippen molar-refractivity contribution in [3.63, 3.8) is 0 Å². The molecule has 3 nitrogen and oxygen atoms in total. The van der Waals surface area contributed by atoms with E-state index in [0.29, 0.717) is 0 Å². The van der Waals surface area contributed by atoms with Crippen molar-refractivity contribution >= 4 is 0 Å². The van der Waals surface area contributed by atoms with Crippen molar-refractivity contribution in [2.24, 2.45) is 5.73 Å². The SMILES string of the molecule is Cc1ccc2c(c1)C(N)CC1(CCN(C3CC3)C1)O2. The topological polar surface area (TPSA) is 38.5 Å². The number of aryl methyl sites for hydroxylation is 1. The van der Waals surface area contributed by atoms with Crippen molar-refractivity contribution in [2.75, 3.05) is 13.1 Å². The maximum absolute atomic E-state index is 6.41. The normalized spacial score (nSPS) is 34.3. The molecule has 2 heterocycles. The van der Waals surface area contributed by atoms with Crippen LogP contribution in [0.25, 0.3) is 0 Å². The Morgan fingerprint density at radius 3 is 3.00 bits per heavy atom. The lowest BCUT2D eigenvalue weighted by atomic mass is 9.86. The van der Waals surface area contributed by atoms with Crippen LogP contribution < -0.4 is 10.5 Å². The highest BCUT2D eigenvalue weighted by Gasteiger charge is 2.48. The molecule has 3 heteroatoms. The first-order chi connectivity index (χ1) is 9.15. The second-order valence-electron chi connectivity index (χ2n) is 6.59. The van der Waals surface area contributed by atoms with E-state index in [4.69, 9.17) is 10.5 Å². The molecule has 2 unspecified atom stereocenters. The van der Waals surface area contributed by atoms with Gasteiger partial charge in [0.05, 0.1) is 0 Å². The molecule has 2 fully saturated rings. The second-order valence-corrected chi connectivity index (χ2v) is 6.59. The molecule has 3 aliphatic rings. The fraction of sp³-hybridized carbons (Fsp3) is 0.625. The van der Waals surface area contributed by atoms with Gasteiger partial charge in [-0.3, -0.25) is 4.90 Å². The number of benzene rings is 1. The van der Waals surface area contributed by atoms with Gasteiger partial charge in [-0.2, -0.15) is 0 Å². The number of ether oxygens (including phenoxy) is 1. The Morgan fingerprint density at radius 2 is 2.21 bits per heavy atom. The van der Waals surface area contributed by atoms with Crippen LogP contribution in [0.2, 0.25) is 0 Å². The Morgan fingerprint density at radius 1 is 1.37 bits per heavy atom. The van der Waals surface area contributed by atoms with E-state index in [0.717, 1.165) is 31.2 Å². The van der Waals surface area contributed by atoms with Gasteiger partial charge in [0.25, 0.3) is 0 Å². The maximum Gasteiger partial charge on any atom is 0.125 e. The van der Waals surface area contributed by atoms with Crippen molar-refractivity contribution in [3.05, 3.63) is 29.3 Å². The number of nitrogens with zero attached hydrogens (tertiary/aromatic N) is 1. The van der Waals surface area contributed by atoms with Gasteiger partial charge in [-0.25, -0.2) is 0 Å². The zero-order valence-electron chi connectivity index (χ0n) is 11.6. The molecule has 1 saturated heterocycles. The quantitative estimate of drug-likeness (QED) is 0.840. The molecule has 1 aromatic rings. The first kappa shape index (κ1) is 11.7. The number of rotatable bonds is 1. The first-order valence-electron chi connectivity index (χ1n) is 7.44. The molecule has 2 aliphatic heterocycles. The van der Waals surface area contributed by atoms with Crippen molar-refractivity contribution in [3.8, 4) is 5.75 Å². The van der Waals surface area contributed by atoms with Gasteiger partial charge in [-0.15, -0.1) is 0 Å². The van der Waals surface area contributed by atoms with Crippen LogP contribution in [0.1, 0.15) is 42.9 Å². The van der Waals surface area contributed by atoms with Crippen LogP contribution in [0.15, 0.2) is 18.2 Å². The van der Waals surface area contributed by atoms with E-state index < -0.39 is 0 Å². The van der Waals surface area contributed by atoms with Crippen LogP contribution in [0.4, 0.5) is 0 Å². The van der Waals surface area contributed by atoms with Gasteiger partial charge < -0.3 is 10.5 Å². The van der Waals surface area contributed by atoms with Crippen LogP contribution in [-0.4, -0.2) is 29.6 Å². The van der Waals surface area contributed by atoms with Gasteiger partial charge in [0.1, 0.15) is 11.4 Å².